The fourth-order valence-electron chi connectivity index (χ4n) is 3.26. The fourth-order valence-corrected chi connectivity index (χ4v) is 3.75. The van der Waals surface area contributed by atoms with E-state index in [4.69, 9.17) is 23.2 Å². The van der Waals surface area contributed by atoms with Crippen LogP contribution >= 0.6 is 23.2 Å². The van der Waals surface area contributed by atoms with Gasteiger partial charge in [-0.2, -0.15) is 23.0 Å². The van der Waals surface area contributed by atoms with E-state index in [-0.39, 0.29) is 10.8 Å². The number of pyridine rings is 2. The van der Waals surface area contributed by atoms with Crippen molar-refractivity contribution in [1.82, 2.24) is 19.7 Å². The van der Waals surface area contributed by atoms with Crippen molar-refractivity contribution in [3.8, 4) is 5.82 Å². The van der Waals surface area contributed by atoms with Crippen LogP contribution in [0, 0.1) is 0 Å². The van der Waals surface area contributed by atoms with Gasteiger partial charge in [0.2, 0.25) is 0 Å². The number of piperazine rings is 1. The minimum atomic E-state index is -4.52. The topological polar surface area (TPSA) is 67.2 Å². The first-order chi connectivity index (χ1) is 14.8. The molecule has 1 fully saturated rings. The van der Waals surface area contributed by atoms with Gasteiger partial charge in [0.1, 0.15) is 10.8 Å². The van der Waals surface area contributed by atoms with E-state index in [0.717, 1.165) is 16.8 Å². The van der Waals surface area contributed by atoms with Crippen molar-refractivity contribution in [3.63, 3.8) is 0 Å². The number of anilines is 2. The zero-order valence-electron chi connectivity index (χ0n) is 15.9. The largest absolute Gasteiger partial charge is 0.417 e. The zero-order chi connectivity index (χ0) is 22.2. The molecule has 7 nitrogen and oxygen atoms in total. The first-order valence-electron chi connectivity index (χ1n) is 9.17. The molecule has 0 unspecified atom stereocenters. The average molecular weight is 471 g/mol. The molecule has 0 amide bonds. The molecule has 162 valence electrons. The Labute approximate surface area is 184 Å². The van der Waals surface area contributed by atoms with Gasteiger partial charge in [-0.25, -0.2) is 9.97 Å². The third-order valence-electron chi connectivity index (χ3n) is 4.85. The third kappa shape index (κ3) is 4.31. The maximum absolute atomic E-state index is 12.7. The molecule has 0 atom stereocenters. The lowest BCUT2D eigenvalue weighted by Crippen LogP contribution is -2.47. The molecular formula is C19H15Cl2F3N6O. The number of hydrogen-bond donors (Lipinski definition) is 0. The van der Waals surface area contributed by atoms with E-state index in [1.54, 1.807) is 18.3 Å². The monoisotopic (exact) mass is 470 g/mol. The van der Waals surface area contributed by atoms with E-state index >= 15 is 0 Å². The summed E-state index contributed by atoms with van der Waals surface area (Å²) in [5.74, 6) is 0.637. The van der Waals surface area contributed by atoms with Crippen LogP contribution in [0.3, 0.4) is 0 Å². The van der Waals surface area contributed by atoms with Gasteiger partial charge in [0, 0.05) is 38.6 Å². The molecule has 4 rings (SSSR count). The Balaban J connectivity index is 1.53. The Morgan fingerprint density at radius 3 is 2.26 bits per heavy atom. The van der Waals surface area contributed by atoms with Crippen LogP contribution < -0.4 is 15.4 Å². The van der Waals surface area contributed by atoms with E-state index in [1.165, 1.54) is 6.20 Å². The molecule has 1 aliphatic rings. The molecule has 0 aliphatic carbocycles. The van der Waals surface area contributed by atoms with E-state index in [2.05, 4.69) is 15.1 Å². The van der Waals surface area contributed by atoms with Gasteiger partial charge in [-0.05, 0) is 24.3 Å². The number of aromatic nitrogens is 4. The predicted octanol–water partition coefficient (Wildman–Crippen LogP) is 3.67. The smallest absolute Gasteiger partial charge is 0.365 e. The van der Waals surface area contributed by atoms with Crippen LogP contribution in [0.15, 0.2) is 47.7 Å². The molecule has 1 aliphatic heterocycles. The van der Waals surface area contributed by atoms with Crippen molar-refractivity contribution < 1.29 is 13.2 Å². The number of halogens is 5. The van der Waals surface area contributed by atoms with Gasteiger partial charge in [0.25, 0.3) is 5.56 Å². The fraction of sp³-hybridized carbons (Fsp3) is 0.263. The van der Waals surface area contributed by atoms with Crippen LogP contribution in [-0.2, 0) is 6.18 Å². The van der Waals surface area contributed by atoms with Crippen LogP contribution in [0.5, 0.6) is 0 Å². The number of alkyl halides is 3. The van der Waals surface area contributed by atoms with E-state index < -0.39 is 17.3 Å². The van der Waals surface area contributed by atoms with Gasteiger partial charge in [-0.1, -0.05) is 23.2 Å². The Kier molecular flexibility index (Phi) is 5.76. The Bertz CT molecular complexity index is 1140. The van der Waals surface area contributed by atoms with Crippen LogP contribution in [0.1, 0.15) is 5.56 Å². The summed E-state index contributed by atoms with van der Waals surface area (Å²) < 4.78 is 39.0. The quantitative estimate of drug-likeness (QED) is 0.581. The molecule has 12 heteroatoms. The van der Waals surface area contributed by atoms with E-state index in [0.29, 0.717) is 48.9 Å². The van der Waals surface area contributed by atoms with Crippen molar-refractivity contribution >= 4 is 34.7 Å². The highest BCUT2D eigenvalue weighted by Gasteiger charge is 2.31. The van der Waals surface area contributed by atoms with E-state index in [1.807, 2.05) is 9.80 Å². The normalized spacial score (nSPS) is 14.7. The second-order valence-electron chi connectivity index (χ2n) is 6.75. The molecule has 31 heavy (non-hydrogen) atoms. The van der Waals surface area contributed by atoms with E-state index in [9.17, 15) is 18.0 Å². The Hall–Kier alpha value is -2.85. The SMILES string of the molecule is O=c1c(Cl)c(N2CCN(c3ncccc3Cl)CC2)cnn1-c1ccc(C(F)(F)F)cn1. The minimum absolute atomic E-state index is 0.0546. The standard InChI is InChI=1S/C19H15Cl2F3N6O/c20-13-2-1-5-25-17(13)29-8-6-28(7-9-29)14-11-27-30(18(31)16(14)21)15-4-3-12(10-26-15)19(22,23)24/h1-5,10-11H,6-9H2. The second kappa shape index (κ2) is 8.35. The summed E-state index contributed by atoms with van der Waals surface area (Å²) in [6, 6.07) is 5.43. The lowest BCUT2D eigenvalue weighted by atomic mass is 10.2. The first kappa shape index (κ1) is 21.4. The molecule has 0 spiro atoms. The number of nitrogens with zero attached hydrogens (tertiary/aromatic N) is 6. The summed E-state index contributed by atoms with van der Waals surface area (Å²) in [5.41, 5.74) is -1.14. The Morgan fingerprint density at radius 2 is 1.65 bits per heavy atom. The zero-order valence-corrected chi connectivity index (χ0v) is 17.4. The van der Waals surface area contributed by atoms with Crippen LogP contribution in [0.2, 0.25) is 10.0 Å². The third-order valence-corrected chi connectivity index (χ3v) is 5.50. The first-order valence-corrected chi connectivity index (χ1v) is 9.93. The van der Waals surface area contributed by atoms with Crippen molar-refractivity contribution in [2.45, 2.75) is 6.18 Å². The van der Waals surface area contributed by atoms with Crippen molar-refractivity contribution in [2.24, 2.45) is 0 Å². The van der Waals surface area contributed by atoms with Gasteiger partial charge >= 0.3 is 6.18 Å². The number of hydrogen-bond acceptors (Lipinski definition) is 6. The van der Waals surface area contributed by atoms with Crippen LogP contribution in [0.25, 0.3) is 5.82 Å². The summed E-state index contributed by atoms with van der Waals surface area (Å²) in [7, 11) is 0. The average Bonchev–Trinajstić information content (AvgIpc) is 2.76. The minimum Gasteiger partial charge on any atom is -0.365 e. The Morgan fingerprint density at radius 1 is 0.935 bits per heavy atom. The summed E-state index contributed by atoms with van der Waals surface area (Å²) >= 11 is 12.5. The lowest BCUT2D eigenvalue weighted by molar-refractivity contribution is -0.137. The molecule has 1 saturated heterocycles. The van der Waals surface area contributed by atoms with Crippen molar-refractivity contribution in [2.75, 3.05) is 36.0 Å². The van der Waals surface area contributed by atoms with Gasteiger partial charge in [-0.3, -0.25) is 4.79 Å². The molecule has 0 bridgehead atoms. The van der Waals surface area contributed by atoms with Gasteiger partial charge < -0.3 is 9.80 Å². The molecule has 3 aromatic heterocycles. The second-order valence-corrected chi connectivity index (χ2v) is 7.53. The molecule has 0 saturated carbocycles. The lowest BCUT2D eigenvalue weighted by Gasteiger charge is -2.37. The maximum Gasteiger partial charge on any atom is 0.417 e. The maximum atomic E-state index is 12.7. The molecule has 0 aromatic carbocycles. The van der Waals surface area contributed by atoms with Crippen molar-refractivity contribution in [1.29, 1.82) is 0 Å². The summed E-state index contributed by atoms with van der Waals surface area (Å²) in [5, 5.41) is 4.53. The molecule has 4 heterocycles. The highest BCUT2D eigenvalue weighted by molar-refractivity contribution is 6.33. The van der Waals surface area contributed by atoms with Crippen LogP contribution in [0.4, 0.5) is 24.7 Å². The predicted molar refractivity (Wildman–Crippen MR) is 111 cm³/mol. The molecule has 0 radical (unpaired) electrons. The summed E-state index contributed by atoms with van der Waals surface area (Å²) in [6.45, 7) is 2.32. The van der Waals surface area contributed by atoms with Gasteiger partial charge in [0.05, 0.1) is 22.5 Å². The summed E-state index contributed by atoms with van der Waals surface area (Å²) in [4.78, 5) is 24.6. The molecule has 0 N–H and O–H groups in total. The highest BCUT2D eigenvalue weighted by Crippen LogP contribution is 2.29. The molecule has 3 aromatic rings. The van der Waals surface area contributed by atoms with Crippen LogP contribution in [-0.4, -0.2) is 45.9 Å². The molecular weight excluding hydrogens is 456 g/mol. The van der Waals surface area contributed by atoms with Gasteiger partial charge in [-0.15, -0.1) is 0 Å². The van der Waals surface area contributed by atoms with Crippen molar-refractivity contribution in [3.05, 3.63) is 68.8 Å². The highest BCUT2D eigenvalue weighted by atomic mass is 35.5. The van der Waals surface area contributed by atoms with Gasteiger partial charge in [0.15, 0.2) is 5.82 Å². The number of rotatable bonds is 3. The summed E-state index contributed by atoms with van der Waals surface area (Å²) in [6.07, 6.45) is -0.796.